The molecule has 0 aromatic heterocycles. The average molecular weight is 283 g/mol. The van der Waals surface area contributed by atoms with Gasteiger partial charge in [-0.25, -0.2) is 0 Å². The van der Waals surface area contributed by atoms with Crippen LogP contribution in [0, 0.1) is 6.92 Å². The van der Waals surface area contributed by atoms with Crippen LogP contribution in [-0.4, -0.2) is 27.1 Å². The maximum absolute atomic E-state index is 12.4. The molecule has 0 spiro atoms. The van der Waals surface area contributed by atoms with Gasteiger partial charge in [0.05, 0.1) is 5.56 Å². The zero-order chi connectivity index (χ0) is 15.4. The number of carbonyl (C=O) groups is 1. The molecule has 2 rings (SSSR count). The number of aryl methyl sites for hydroxylation is 1. The maximum atomic E-state index is 12.4. The lowest BCUT2D eigenvalue weighted by molar-refractivity contribution is 0.102. The fraction of sp³-hybridized carbons (Fsp3) is 0.235. The van der Waals surface area contributed by atoms with E-state index in [1.807, 2.05) is 75.4 Å². The zero-order valence-electron chi connectivity index (χ0n) is 12.9. The average Bonchev–Trinajstić information content (AvgIpc) is 2.47. The van der Waals surface area contributed by atoms with Crippen LogP contribution in [0.25, 0.3) is 0 Å². The molecule has 0 saturated carbocycles. The second kappa shape index (κ2) is 6.31. The van der Waals surface area contributed by atoms with Crippen molar-refractivity contribution in [3.05, 3.63) is 53.6 Å². The molecule has 0 heterocycles. The van der Waals surface area contributed by atoms with Gasteiger partial charge in [0.2, 0.25) is 0 Å². The molecule has 4 nitrogen and oxygen atoms in total. The van der Waals surface area contributed by atoms with Gasteiger partial charge < -0.3 is 15.5 Å². The maximum Gasteiger partial charge on any atom is 0.257 e. The van der Waals surface area contributed by atoms with Crippen molar-refractivity contribution >= 4 is 23.0 Å². The van der Waals surface area contributed by atoms with Crippen LogP contribution in [0.4, 0.5) is 17.1 Å². The third-order valence-electron chi connectivity index (χ3n) is 3.31. The second-order valence-corrected chi connectivity index (χ2v) is 5.20. The fourth-order valence-electron chi connectivity index (χ4n) is 2.12. The van der Waals surface area contributed by atoms with Gasteiger partial charge in [0.1, 0.15) is 0 Å². The number of anilines is 3. The van der Waals surface area contributed by atoms with E-state index in [9.17, 15) is 4.79 Å². The van der Waals surface area contributed by atoms with Gasteiger partial charge in [-0.05, 0) is 42.8 Å². The number of rotatable bonds is 4. The second-order valence-electron chi connectivity index (χ2n) is 5.20. The fourth-order valence-corrected chi connectivity index (χ4v) is 2.12. The van der Waals surface area contributed by atoms with Crippen LogP contribution >= 0.6 is 0 Å². The molecule has 1 amide bonds. The van der Waals surface area contributed by atoms with Crippen molar-refractivity contribution < 1.29 is 4.79 Å². The topological polar surface area (TPSA) is 44.4 Å². The normalized spacial score (nSPS) is 10.1. The Kier molecular flexibility index (Phi) is 4.48. The van der Waals surface area contributed by atoms with Gasteiger partial charge in [-0.1, -0.05) is 12.1 Å². The summed E-state index contributed by atoms with van der Waals surface area (Å²) >= 11 is 0. The highest BCUT2D eigenvalue weighted by molar-refractivity contribution is 6.08. The summed E-state index contributed by atoms with van der Waals surface area (Å²) in [5.74, 6) is -0.116. The molecule has 0 aliphatic carbocycles. The zero-order valence-corrected chi connectivity index (χ0v) is 12.9. The summed E-state index contributed by atoms with van der Waals surface area (Å²) in [7, 11) is 5.76. The summed E-state index contributed by atoms with van der Waals surface area (Å²) in [5, 5.41) is 6.01. The summed E-state index contributed by atoms with van der Waals surface area (Å²) in [6.45, 7) is 2.00. The van der Waals surface area contributed by atoms with E-state index in [2.05, 4.69) is 10.6 Å². The van der Waals surface area contributed by atoms with Crippen molar-refractivity contribution in [2.45, 2.75) is 6.92 Å². The molecule has 0 atom stereocenters. The lowest BCUT2D eigenvalue weighted by Gasteiger charge is -2.15. The molecule has 0 fully saturated rings. The summed E-state index contributed by atoms with van der Waals surface area (Å²) < 4.78 is 0. The minimum absolute atomic E-state index is 0.116. The Morgan fingerprint density at radius 3 is 2.52 bits per heavy atom. The van der Waals surface area contributed by atoms with Crippen LogP contribution in [0.2, 0.25) is 0 Å². The van der Waals surface area contributed by atoms with E-state index in [0.717, 1.165) is 22.6 Å². The summed E-state index contributed by atoms with van der Waals surface area (Å²) in [6, 6.07) is 13.5. The van der Waals surface area contributed by atoms with Crippen molar-refractivity contribution in [1.82, 2.24) is 0 Å². The van der Waals surface area contributed by atoms with E-state index in [4.69, 9.17) is 0 Å². The first-order chi connectivity index (χ1) is 10.0. The first-order valence-corrected chi connectivity index (χ1v) is 6.88. The Hall–Kier alpha value is -2.49. The number of amides is 1. The SMILES string of the molecule is CNc1cc(C)ccc1C(=O)Nc1cccc(N(C)C)c1. The third-order valence-corrected chi connectivity index (χ3v) is 3.31. The Balaban J connectivity index is 2.24. The number of benzene rings is 2. The molecule has 0 bridgehead atoms. The van der Waals surface area contributed by atoms with Gasteiger partial charge in [-0.2, -0.15) is 0 Å². The molecule has 0 aliphatic rings. The van der Waals surface area contributed by atoms with E-state index in [0.29, 0.717) is 5.56 Å². The van der Waals surface area contributed by atoms with Crippen molar-refractivity contribution in [1.29, 1.82) is 0 Å². The minimum atomic E-state index is -0.116. The van der Waals surface area contributed by atoms with Crippen LogP contribution < -0.4 is 15.5 Å². The van der Waals surface area contributed by atoms with Crippen LogP contribution in [0.3, 0.4) is 0 Å². The van der Waals surface area contributed by atoms with Gasteiger partial charge in [-0.3, -0.25) is 4.79 Å². The standard InChI is InChI=1S/C17H21N3O/c1-12-8-9-15(16(10-12)18-2)17(21)19-13-6-5-7-14(11-13)20(3)4/h5-11,18H,1-4H3,(H,19,21). The van der Waals surface area contributed by atoms with E-state index in [1.165, 1.54) is 0 Å². The van der Waals surface area contributed by atoms with Gasteiger partial charge >= 0.3 is 0 Å². The van der Waals surface area contributed by atoms with Crippen LogP contribution in [-0.2, 0) is 0 Å². The van der Waals surface area contributed by atoms with E-state index >= 15 is 0 Å². The Labute approximate surface area is 125 Å². The van der Waals surface area contributed by atoms with Crippen molar-refractivity contribution in [2.75, 3.05) is 36.7 Å². The van der Waals surface area contributed by atoms with Gasteiger partial charge in [0, 0.05) is 38.2 Å². The van der Waals surface area contributed by atoms with Gasteiger partial charge in [0.15, 0.2) is 0 Å². The molecule has 0 saturated heterocycles. The lowest BCUT2D eigenvalue weighted by Crippen LogP contribution is -2.15. The Bertz CT molecular complexity index is 650. The van der Waals surface area contributed by atoms with Crippen molar-refractivity contribution in [2.24, 2.45) is 0 Å². The van der Waals surface area contributed by atoms with Gasteiger partial charge in [0.25, 0.3) is 5.91 Å². The quantitative estimate of drug-likeness (QED) is 0.904. The molecule has 2 aromatic carbocycles. The van der Waals surface area contributed by atoms with Crippen LogP contribution in [0.1, 0.15) is 15.9 Å². The monoisotopic (exact) mass is 283 g/mol. The smallest absolute Gasteiger partial charge is 0.257 e. The molecule has 21 heavy (non-hydrogen) atoms. The highest BCUT2D eigenvalue weighted by Gasteiger charge is 2.11. The highest BCUT2D eigenvalue weighted by Crippen LogP contribution is 2.21. The molecule has 110 valence electrons. The number of nitrogens with one attached hydrogen (secondary N) is 2. The number of hydrogen-bond acceptors (Lipinski definition) is 3. The van der Waals surface area contributed by atoms with Crippen LogP contribution in [0.15, 0.2) is 42.5 Å². The largest absolute Gasteiger partial charge is 0.387 e. The number of carbonyl (C=O) groups excluding carboxylic acids is 1. The molecule has 0 radical (unpaired) electrons. The van der Waals surface area contributed by atoms with Crippen molar-refractivity contribution in [3.63, 3.8) is 0 Å². The van der Waals surface area contributed by atoms with Crippen LogP contribution in [0.5, 0.6) is 0 Å². The van der Waals surface area contributed by atoms with Crippen molar-refractivity contribution in [3.8, 4) is 0 Å². The van der Waals surface area contributed by atoms with Gasteiger partial charge in [-0.15, -0.1) is 0 Å². The summed E-state index contributed by atoms with van der Waals surface area (Å²) in [6.07, 6.45) is 0. The molecule has 2 N–H and O–H groups in total. The molecule has 0 unspecified atom stereocenters. The third kappa shape index (κ3) is 3.54. The summed E-state index contributed by atoms with van der Waals surface area (Å²) in [5.41, 5.74) is 4.42. The molecule has 0 aliphatic heterocycles. The number of nitrogens with zero attached hydrogens (tertiary/aromatic N) is 1. The van der Waals surface area contributed by atoms with E-state index < -0.39 is 0 Å². The molecule has 2 aromatic rings. The predicted octanol–water partition coefficient (Wildman–Crippen LogP) is 3.36. The minimum Gasteiger partial charge on any atom is -0.387 e. The highest BCUT2D eigenvalue weighted by atomic mass is 16.1. The predicted molar refractivity (Wildman–Crippen MR) is 89.4 cm³/mol. The van der Waals surface area contributed by atoms with E-state index in [1.54, 1.807) is 0 Å². The Morgan fingerprint density at radius 2 is 1.86 bits per heavy atom. The first-order valence-electron chi connectivity index (χ1n) is 6.88. The molecular formula is C17H21N3O. The molecule has 4 heteroatoms. The first kappa shape index (κ1) is 14.9. The number of hydrogen-bond donors (Lipinski definition) is 2. The summed E-state index contributed by atoms with van der Waals surface area (Å²) in [4.78, 5) is 14.4. The lowest BCUT2D eigenvalue weighted by atomic mass is 10.1. The molecular weight excluding hydrogens is 262 g/mol. The van der Waals surface area contributed by atoms with E-state index in [-0.39, 0.29) is 5.91 Å². The Morgan fingerprint density at radius 1 is 1.10 bits per heavy atom.